The highest BCUT2D eigenvalue weighted by Crippen LogP contribution is 1.89. The van der Waals surface area contributed by atoms with Crippen molar-refractivity contribution in [3.63, 3.8) is 0 Å². The van der Waals surface area contributed by atoms with E-state index in [1.807, 2.05) is 0 Å². The summed E-state index contributed by atoms with van der Waals surface area (Å²) in [5.41, 5.74) is 0.722. The first-order valence-corrected chi connectivity index (χ1v) is 2.27. The Morgan fingerprint density at radius 1 is 1.88 bits per heavy atom. The van der Waals surface area contributed by atoms with E-state index >= 15 is 0 Å². The molecule has 0 aliphatic rings. The Bertz CT molecular complexity index is 172. The number of aryl methyl sites for hydroxylation is 1. The summed E-state index contributed by atoms with van der Waals surface area (Å²) in [4.78, 5) is 3.73. The van der Waals surface area contributed by atoms with Crippen molar-refractivity contribution in [1.29, 1.82) is 0 Å². The maximum absolute atomic E-state index is 10.0. The van der Waals surface area contributed by atoms with Gasteiger partial charge in [-0.15, -0.1) is 0 Å². The van der Waals surface area contributed by atoms with Crippen LogP contribution in [0.5, 0.6) is 0 Å². The van der Waals surface area contributed by atoms with Crippen LogP contribution in [-0.4, -0.2) is 9.55 Å². The topological polar surface area (TPSA) is 57.5 Å². The molecule has 8 heavy (non-hydrogen) atoms. The molecule has 0 saturated carbocycles. The van der Waals surface area contributed by atoms with Crippen molar-refractivity contribution in [2.24, 2.45) is 7.05 Å². The number of aromatic nitrogens is 2. The van der Waals surface area contributed by atoms with E-state index in [2.05, 4.69) is 4.98 Å². The minimum Gasteiger partial charge on any atom is -0.628 e. The molecule has 0 radical (unpaired) electrons. The molecular formula is C4H7N3O. The Balaban J connectivity index is 2.92. The zero-order valence-corrected chi connectivity index (χ0v) is 4.53. The van der Waals surface area contributed by atoms with Crippen LogP contribution in [0.15, 0.2) is 12.4 Å². The standard InChI is InChI=1S/C4H7N3O/c1-7-3-2-5-4(7)6-8/h2-3H,6H2,1H3. The molecule has 0 amide bonds. The predicted octanol–water partition coefficient (Wildman–Crippen LogP) is -0.887. The second kappa shape index (κ2) is 1.94. The van der Waals surface area contributed by atoms with E-state index in [-0.39, 0.29) is 0 Å². The molecule has 1 aromatic rings. The fourth-order valence-electron chi connectivity index (χ4n) is 0.491. The molecule has 2 N–H and O–H groups in total. The number of hydrogen-bond acceptors (Lipinski definition) is 2. The Hall–Kier alpha value is -0.870. The van der Waals surface area contributed by atoms with Gasteiger partial charge in [0.25, 0.3) is 0 Å². The van der Waals surface area contributed by atoms with Crippen LogP contribution in [0, 0.1) is 5.21 Å². The zero-order chi connectivity index (χ0) is 5.98. The highest BCUT2D eigenvalue weighted by atomic mass is 16.5. The Kier molecular flexibility index (Phi) is 1.27. The smallest absolute Gasteiger partial charge is 0.305 e. The maximum Gasteiger partial charge on any atom is 0.305 e. The van der Waals surface area contributed by atoms with Crippen LogP contribution in [0.1, 0.15) is 0 Å². The van der Waals surface area contributed by atoms with Crippen molar-refractivity contribution in [2.45, 2.75) is 0 Å². The minimum absolute atomic E-state index is 0.463. The number of nitrogens with two attached hydrogens (primary N) is 1. The fraction of sp³-hybridized carbons (Fsp3) is 0.250. The van der Waals surface area contributed by atoms with Gasteiger partial charge in [0.15, 0.2) is 0 Å². The second-order valence-electron chi connectivity index (χ2n) is 1.51. The summed E-state index contributed by atoms with van der Waals surface area (Å²) >= 11 is 0. The van der Waals surface area contributed by atoms with Crippen molar-refractivity contribution >= 4 is 5.95 Å². The van der Waals surface area contributed by atoms with Crippen LogP contribution in [-0.2, 0) is 7.05 Å². The second-order valence-corrected chi connectivity index (χ2v) is 1.51. The molecule has 0 aliphatic carbocycles. The Morgan fingerprint density at radius 3 is 2.88 bits per heavy atom. The van der Waals surface area contributed by atoms with E-state index in [4.69, 9.17) is 0 Å². The van der Waals surface area contributed by atoms with Gasteiger partial charge in [-0.2, -0.15) is 4.98 Å². The summed E-state index contributed by atoms with van der Waals surface area (Å²) in [5.74, 6) is 0.463. The third kappa shape index (κ3) is 0.706. The average Bonchev–Trinajstić information content (AvgIpc) is 2.14. The number of quaternary nitrogens is 1. The van der Waals surface area contributed by atoms with Crippen molar-refractivity contribution < 1.29 is 5.48 Å². The highest BCUT2D eigenvalue weighted by molar-refractivity contribution is 5.02. The predicted molar refractivity (Wildman–Crippen MR) is 28.2 cm³/mol. The molecule has 1 heterocycles. The van der Waals surface area contributed by atoms with Crippen molar-refractivity contribution in [3.8, 4) is 0 Å². The summed E-state index contributed by atoms with van der Waals surface area (Å²) in [5, 5.41) is 10.0. The zero-order valence-electron chi connectivity index (χ0n) is 4.53. The minimum atomic E-state index is 0.463. The van der Waals surface area contributed by atoms with Gasteiger partial charge in [-0.25, -0.2) is 0 Å². The molecule has 0 aliphatic heterocycles. The summed E-state index contributed by atoms with van der Waals surface area (Å²) in [6.45, 7) is 0. The number of nitrogens with zero attached hydrogens (tertiary/aromatic N) is 2. The fourth-order valence-corrected chi connectivity index (χ4v) is 0.491. The molecule has 1 aromatic heterocycles. The average molecular weight is 113 g/mol. The third-order valence-corrected chi connectivity index (χ3v) is 0.964. The van der Waals surface area contributed by atoms with Gasteiger partial charge in [-0.1, -0.05) is 0 Å². The van der Waals surface area contributed by atoms with Crippen LogP contribution in [0.4, 0.5) is 5.95 Å². The lowest BCUT2D eigenvalue weighted by Gasteiger charge is -1.97. The maximum atomic E-state index is 10.0. The van der Waals surface area contributed by atoms with Crippen LogP contribution in [0.25, 0.3) is 0 Å². The van der Waals surface area contributed by atoms with Gasteiger partial charge in [0, 0.05) is 13.2 Å². The van der Waals surface area contributed by atoms with Gasteiger partial charge < -0.3 is 10.7 Å². The van der Waals surface area contributed by atoms with E-state index in [1.165, 1.54) is 0 Å². The summed E-state index contributed by atoms with van der Waals surface area (Å²) in [6, 6.07) is 0. The SMILES string of the molecule is Cn1ccnc1[NH2+][O-]. The molecule has 0 spiro atoms. The largest absolute Gasteiger partial charge is 0.628 e. The molecule has 0 saturated heterocycles. The van der Waals surface area contributed by atoms with Crippen molar-refractivity contribution in [2.75, 3.05) is 0 Å². The molecular weight excluding hydrogens is 106 g/mol. The first-order valence-electron chi connectivity index (χ1n) is 2.27. The Morgan fingerprint density at radius 2 is 2.62 bits per heavy atom. The van der Waals surface area contributed by atoms with E-state index in [1.54, 1.807) is 24.0 Å². The van der Waals surface area contributed by atoms with Gasteiger partial charge in [0.05, 0.1) is 6.20 Å². The molecule has 1 rings (SSSR count). The molecule has 0 unspecified atom stereocenters. The first kappa shape index (κ1) is 5.27. The number of hydrogen-bond donors (Lipinski definition) is 1. The lowest BCUT2D eigenvalue weighted by Crippen LogP contribution is -2.71. The number of imidazole rings is 1. The molecule has 0 aromatic carbocycles. The molecule has 0 atom stereocenters. The molecule has 4 heteroatoms. The lowest BCUT2D eigenvalue weighted by molar-refractivity contribution is -0.507. The van der Waals surface area contributed by atoms with E-state index < -0.39 is 0 Å². The van der Waals surface area contributed by atoms with Gasteiger partial charge in [0.1, 0.15) is 0 Å². The van der Waals surface area contributed by atoms with Crippen molar-refractivity contribution in [3.05, 3.63) is 17.6 Å². The quantitative estimate of drug-likeness (QED) is 0.480. The van der Waals surface area contributed by atoms with E-state index in [0.29, 0.717) is 5.95 Å². The van der Waals surface area contributed by atoms with E-state index in [9.17, 15) is 5.21 Å². The Labute approximate surface area is 46.7 Å². The normalized spacial score (nSPS) is 9.75. The summed E-state index contributed by atoms with van der Waals surface area (Å²) < 4.78 is 1.66. The number of rotatable bonds is 1. The first-order chi connectivity index (χ1) is 3.84. The van der Waals surface area contributed by atoms with Gasteiger partial charge in [0.2, 0.25) is 0 Å². The molecule has 0 bridgehead atoms. The third-order valence-electron chi connectivity index (χ3n) is 0.964. The molecule has 44 valence electrons. The lowest BCUT2D eigenvalue weighted by atomic mass is 10.9. The van der Waals surface area contributed by atoms with Crippen LogP contribution in [0.2, 0.25) is 0 Å². The summed E-state index contributed by atoms with van der Waals surface area (Å²) in [7, 11) is 1.77. The van der Waals surface area contributed by atoms with Crippen LogP contribution < -0.4 is 5.48 Å². The van der Waals surface area contributed by atoms with Gasteiger partial charge in [-0.3, -0.25) is 4.57 Å². The summed E-state index contributed by atoms with van der Waals surface area (Å²) in [6.07, 6.45) is 3.31. The highest BCUT2D eigenvalue weighted by Gasteiger charge is 1.92. The van der Waals surface area contributed by atoms with Gasteiger partial charge >= 0.3 is 5.95 Å². The van der Waals surface area contributed by atoms with Crippen molar-refractivity contribution in [1.82, 2.24) is 9.55 Å². The molecule has 4 nitrogen and oxygen atoms in total. The van der Waals surface area contributed by atoms with Gasteiger partial charge in [-0.05, 0) is 0 Å². The van der Waals surface area contributed by atoms with Crippen LogP contribution in [0.3, 0.4) is 0 Å². The molecule has 0 fully saturated rings. The van der Waals surface area contributed by atoms with E-state index in [0.717, 1.165) is 5.48 Å². The monoisotopic (exact) mass is 113 g/mol. The van der Waals surface area contributed by atoms with Crippen LogP contribution >= 0.6 is 0 Å².